The van der Waals surface area contributed by atoms with Crippen molar-refractivity contribution in [2.45, 2.75) is 39.3 Å². The molecule has 0 spiro atoms. The molecule has 31 heavy (non-hydrogen) atoms. The van der Waals surface area contributed by atoms with Crippen molar-refractivity contribution in [1.82, 2.24) is 20.6 Å². The fourth-order valence-corrected chi connectivity index (χ4v) is 3.73. The molecule has 5 nitrogen and oxygen atoms in total. The Labute approximate surface area is 182 Å². The number of fused-ring (bicyclic) bond motifs is 1. The van der Waals surface area contributed by atoms with E-state index in [1.807, 2.05) is 49.4 Å². The van der Waals surface area contributed by atoms with E-state index in [1.54, 1.807) is 0 Å². The summed E-state index contributed by atoms with van der Waals surface area (Å²) in [6, 6.07) is 23.9. The summed E-state index contributed by atoms with van der Waals surface area (Å²) in [5.41, 5.74) is 6.58. The molecule has 3 N–H and O–H groups in total. The van der Waals surface area contributed by atoms with Crippen LogP contribution in [0, 0.1) is 13.8 Å². The van der Waals surface area contributed by atoms with Crippen molar-refractivity contribution in [2.24, 2.45) is 0 Å². The van der Waals surface area contributed by atoms with Gasteiger partial charge in [-0.1, -0.05) is 60.7 Å². The number of urea groups is 1. The zero-order valence-corrected chi connectivity index (χ0v) is 18.1. The van der Waals surface area contributed by atoms with E-state index in [2.05, 4.69) is 64.8 Å². The normalized spacial score (nSPS) is 13.0. The third-order valence-corrected chi connectivity index (χ3v) is 5.69. The third kappa shape index (κ3) is 4.94. The summed E-state index contributed by atoms with van der Waals surface area (Å²) in [6.07, 6.45) is 0.718. The van der Waals surface area contributed by atoms with Gasteiger partial charge < -0.3 is 15.6 Å². The number of aromatic amines is 1. The molecule has 4 rings (SSSR count). The molecular formula is C26H28N4O. The number of rotatable bonds is 6. The number of nitrogens with zero attached hydrogens (tertiary/aromatic N) is 1. The smallest absolute Gasteiger partial charge is 0.315 e. The first-order valence-electron chi connectivity index (χ1n) is 10.6. The van der Waals surface area contributed by atoms with Crippen LogP contribution in [0.2, 0.25) is 0 Å². The number of H-pyrrole nitrogens is 1. The van der Waals surface area contributed by atoms with Crippen molar-refractivity contribution in [3.8, 4) is 0 Å². The van der Waals surface area contributed by atoms with E-state index in [0.29, 0.717) is 0 Å². The van der Waals surface area contributed by atoms with Gasteiger partial charge in [0.1, 0.15) is 5.82 Å². The summed E-state index contributed by atoms with van der Waals surface area (Å²) in [5, 5.41) is 6.20. The van der Waals surface area contributed by atoms with Crippen LogP contribution >= 0.6 is 0 Å². The molecule has 0 aliphatic rings. The molecule has 4 aromatic rings. The summed E-state index contributed by atoms with van der Waals surface area (Å²) >= 11 is 0. The highest BCUT2D eigenvalue weighted by molar-refractivity contribution is 5.76. The number of hydrogen-bond acceptors (Lipinski definition) is 2. The maximum atomic E-state index is 12.9. The van der Waals surface area contributed by atoms with Gasteiger partial charge in [-0.2, -0.15) is 0 Å². The predicted molar refractivity (Wildman–Crippen MR) is 125 cm³/mol. The molecular weight excluding hydrogens is 384 g/mol. The number of carbonyl (C=O) groups excluding carboxylic acids is 1. The Morgan fingerprint density at radius 3 is 2.42 bits per heavy atom. The van der Waals surface area contributed by atoms with Gasteiger partial charge in [-0.25, -0.2) is 9.78 Å². The molecule has 0 aliphatic heterocycles. The third-order valence-electron chi connectivity index (χ3n) is 5.69. The molecule has 1 aromatic heterocycles. The predicted octanol–water partition coefficient (Wildman–Crippen LogP) is 5.52. The number of aromatic nitrogens is 2. The molecule has 2 atom stereocenters. The number of para-hydroxylation sites is 2. The minimum atomic E-state index is -0.246. The standard InChI is InChI=1S/C26H28N4O/c1-17-13-14-21(15-18(17)2)24(16-20-9-5-4-6-10-20)30-26(31)27-19(3)25-28-22-11-7-8-12-23(22)29-25/h4-15,19,24H,16H2,1-3H3,(H,28,29)(H2,27,30,31). The van der Waals surface area contributed by atoms with Crippen LogP contribution in [0.4, 0.5) is 4.79 Å². The lowest BCUT2D eigenvalue weighted by molar-refractivity contribution is 0.233. The molecule has 0 aliphatic carbocycles. The van der Waals surface area contributed by atoms with Gasteiger partial charge in [0.25, 0.3) is 0 Å². The van der Waals surface area contributed by atoms with Crippen molar-refractivity contribution in [3.63, 3.8) is 0 Å². The minimum absolute atomic E-state index is 0.135. The van der Waals surface area contributed by atoms with Crippen LogP contribution in [0.3, 0.4) is 0 Å². The molecule has 0 fully saturated rings. The summed E-state index contributed by atoms with van der Waals surface area (Å²) < 4.78 is 0. The number of imidazole rings is 1. The molecule has 5 heteroatoms. The Morgan fingerprint density at radius 2 is 1.68 bits per heavy atom. The fourth-order valence-electron chi connectivity index (χ4n) is 3.73. The summed E-state index contributed by atoms with van der Waals surface area (Å²) in [6.45, 7) is 6.13. The van der Waals surface area contributed by atoms with Crippen LogP contribution < -0.4 is 10.6 Å². The highest BCUT2D eigenvalue weighted by Crippen LogP contribution is 2.22. The van der Waals surface area contributed by atoms with Crippen LogP contribution in [-0.2, 0) is 6.42 Å². The maximum Gasteiger partial charge on any atom is 0.315 e. The van der Waals surface area contributed by atoms with E-state index >= 15 is 0 Å². The van der Waals surface area contributed by atoms with Gasteiger partial charge in [0.2, 0.25) is 0 Å². The van der Waals surface area contributed by atoms with Gasteiger partial charge in [0.15, 0.2) is 0 Å². The highest BCUT2D eigenvalue weighted by Gasteiger charge is 2.19. The Bertz CT molecular complexity index is 1150. The average Bonchev–Trinajstić information content (AvgIpc) is 3.20. The fraction of sp³-hybridized carbons (Fsp3) is 0.231. The van der Waals surface area contributed by atoms with Gasteiger partial charge in [0.05, 0.1) is 23.1 Å². The number of carbonyl (C=O) groups is 1. The topological polar surface area (TPSA) is 69.8 Å². The minimum Gasteiger partial charge on any atom is -0.340 e. The largest absolute Gasteiger partial charge is 0.340 e. The molecule has 0 saturated heterocycles. The van der Waals surface area contributed by atoms with Crippen molar-refractivity contribution in [2.75, 3.05) is 0 Å². The SMILES string of the molecule is Cc1ccc(C(Cc2ccccc2)NC(=O)NC(C)c2nc3ccccc3[nH]2)cc1C. The van der Waals surface area contributed by atoms with Gasteiger partial charge in [-0.15, -0.1) is 0 Å². The van der Waals surface area contributed by atoms with Crippen molar-refractivity contribution in [3.05, 3.63) is 101 Å². The second-order valence-corrected chi connectivity index (χ2v) is 8.06. The van der Waals surface area contributed by atoms with Crippen molar-refractivity contribution < 1.29 is 4.79 Å². The van der Waals surface area contributed by atoms with Crippen molar-refractivity contribution >= 4 is 17.1 Å². The highest BCUT2D eigenvalue weighted by atomic mass is 16.2. The van der Waals surface area contributed by atoms with Crippen LogP contribution in [0.5, 0.6) is 0 Å². The molecule has 158 valence electrons. The summed E-state index contributed by atoms with van der Waals surface area (Å²) in [4.78, 5) is 20.8. The lowest BCUT2D eigenvalue weighted by Gasteiger charge is -2.22. The zero-order valence-electron chi connectivity index (χ0n) is 18.1. The molecule has 2 unspecified atom stereocenters. The van der Waals surface area contributed by atoms with Gasteiger partial charge in [-0.3, -0.25) is 0 Å². The van der Waals surface area contributed by atoms with Crippen molar-refractivity contribution in [1.29, 1.82) is 0 Å². The Hall–Kier alpha value is -3.60. The second-order valence-electron chi connectivity index (χ2n) is 8.06. The van der Waals surface area contributed by atoms with E-state index in [-0.39, 0.29) is 18.1 Å². The van der Waals surface area contributed by atoms with E-state index < -0.39 is 0 Å². The first-order chi connectivity index (χ1) is 15.0. The van der Waals surface area contributed by atoms with Gasteiger partial charge >= 0.3 is 6.03 Å². The second kappa shape index (κ2) is 9.04. The number of amides is 2. The molecule has 3 aromatic carbocycles. The van der Waals surface area contributed by atoms with E-state index in [0.717, 1.165) is 28.8 Å². The Kier molecular flexibility index (Phi) is 6.03. The number of aryl methyl sites for hydroxylation is 2. The summed E-state index contributed by atoms with van der Waals surface area (Å²) in [7, 11) is 0. The van der Waals surface area contributed by atoms with E-state index in [1.165, 1.54) is 16.7 Å². The maximum absolute atomic E-state index is 12.9. The lowest BCUT2D eigenvalue weighted by atomic mass is 9.96. The molecule has 0 saturated carbocycles. The van der Waals surface area contributed by atoms with E-state index in [4.69, 9.17) is 0 Å². The number of benzene rings is 3. The monoisotopic (exact) mass is 412 g/mol. The van der Waals surface area contributed by atoms with E-state index in [9.17, 15) is 4.79 Å². The number of nitrogens with one attached hydrogen (secondary N) is 3. The average molecular weight is 413 g/mol. The first-order valence-corrected chi connectivity index (χ1v) is 10.6. The molecule has 0 radical (unpaired) electrons. The number of hydrogen-bond donors (Lipinski definition) is 3. The quantitative estimate of drug-likeness (QED) is 0.390. The molecule has 0 bridgehead atoms. The zero-order chi connectivity index (χ0) is 21.8. The molecule has 2 amide bonds. The lowest BCUT2D eigenvalue weighted by Crippen LogP contribution is -2.40. The van der Waals surface area contributed by atoms with Crippen LogP contribution in [-0.4, -0.2) is 16.0 Å². The van der Waals surface area contributed by atoms with Gasteiger partial charge in [-0.05, 0) is 61.6 Å². The summed E-state index contributed by atoms with van der Waals surface area (Å²) in [5.74, 6) is 0.738. The van der Waals surface area contributed by atoms with Gasteiger partial charge in [0, 0.05) is 0 Å². The first kappa shape index (κ1) is 20.7. The van der Waals surface area contributed by atoms with Crippen LogP contribution in [0.15, 0.2) is 72.8 Å². The van der Waals surface area contributed by atoms with Crippen LogP contribution in [0.25, 0.3) is 11.0 Å². The van der Waals surface area contributed by atoms with Crippen LogP contribution in [0.1, 0.15) is 47.1 Å². The molecule has 1 heterocycles. The Balaban J connectivity index is 1.50. The Morgan fingerprint density at radius 1 is 0.935 bits per heavy atom.